The molecule has 1 N–H and O–H groups in total. The first kappa shape index (κ1) is 27.7. The van der Waals surface area contributed by atoms with Gasteiger partial charge >= 0.3 is 6.03 Å². The van der Waals surface area contributed by atoms with E-state index in [1.165, 1.54) is 0 Å². The van der Waals surface area contributed by atoms with E-state index in [1.54, 1.807) is 9.80 Å². The Morgan fingerprint density at radius 1 is 1.02 bits per heavy atom. The predicted octanol–water partition coefficient (Wildman–Crippen LogP) is 5.33. The number of amides is 4. The molecule has 4 amide bonds. The number of nitrogens with one attached hydrogen (secondary N) is 1. The lowest BCUT2D eigenvalue weighted by molar-refractivity contribution is -0.144. The maximum absolute atomic E-state index is 14.2. The molecule has 2 aromatic carbocycles. The first-order valence-corrected chi connectivity index (χ1v) is 14.5. The number of urea groups is 1. The summed E-state index contributed by atoms with van der Waals surface area (Å²) in [5.74, 6) is 1.99. The van der Waals surface area contributed by atoms with Crippen LogP contribution < -0.4 is 10.1 Å². The van der Waals surface area contributed by atoms with Gasteiger partial charge in [0.15, 0.2) is 0 Å². The molecular formula is C32H40N4O4. The van der Waals surface area contributed by atoms with Gasteiger partial charge in [0, 0.05) is 19.6 Å². The van der Waals surface area contributed by atoms with Crippen LogP contribution in [0.2, 0.25) is 0 Å². The van der Waals surface area contributed by atoms with Gasteiger partial charge in [0.1, 0.15) is 17.5 Å². The standard InChI is InChI=1S/C32H40N4O4/c1-5-35-27-20-36(26(18-21(2)3)30(37)34-16-14-22(4)15-17-34)31(38)28(27)29(33-32(35)39)23-10-9-13-25(19-23)40-24-11-7-6-8-12-24/h6-13,19,21-22,26,29H,5,14-18,20H2,1-4H3,(H,33,39). The van der Waals surface area contributed by atoms with Crippen molar-refractivity contribution in [1.29, 1.82) is 0 Å². The fraction of sp³-hybridized carbons (Fsp3) is 0.469. The summed E-state index contributed by atoms with van der Waals surface area (Å²) in [7, 11) is 0. The third-order valence-electron chi connectivity index (χ3n) is 8.19. The molecule has 8 heteroatoms. The maximum atomic E-state index is 14.2. The highest BCUT2D eigenvalue weighted by Crippen LogP contribution is 2.39. The van der Waals surface area contributed by atoms with Gasteiger partial charge in [-0.25, -0.2) is 4.79 Å². The van der Waals surface area contributed by atoms with E-state index >= 15 is 0 Å². The van der Waals surface area contributed by atoms with Crippen LogP contribution in [0, 0.1) is 11.8 Å². The summed E-state index contributed by atoms with van der Waals surface area (Å²) >= 11 is 0. The fourth-order valence-electron chi connectivity index (χ4n) is 5.98. The number of carbonyl (C=O) groups is 3. The van der Waals surface area contributed by atoms with Crippen molar-refractivity contribution in [3.8, 4) is 11.5 Å². The van der Waals surface area contributed by atoms with Gasteiger partial charge in [-0.1, -0.05) is 51.1 Å². The van der Waals surface area contributed by atoms with Crippen molar-refractivity contribution in [1.82, 2.24) is 20.0 Å². The maximum Gasteiger partial charge on any atom is 0.322 e. The van der Waals surface area contributed by atoms with Gasteiger partial charge in [-0.15, -0.1) is 0 Å². The molecular weight excluding hydrogens is 504 g/mol. The van der Waals surface area contributed by atoms with Crippen molar-refractivity contribution in [3.05, 3.63) is 71.4 Å². The smallest absolute Gasteiger partial charge is 0.322 e. The molecule has 0 bridgehead atoms. The monoisotopic (exact) mass is 544 g/mol. The number of benzene rings is 2. The zero-order valence-electron chi connectivity index (χ0n) is 23.9. The highest BCUT2D eigenvalue weighted by molar-refractivity contribution is 6.03. The number of likely N-dealkylation sites (N-methyl/N-ethyl adjacent to an activating group) is 1. The number of hydrogen-bond donors (Lipinski definition) is 1. The minimum atomic E-state index is -0.632. The Morgan fingerprint density at radius 2 is 1.73 bits per heavy atom. The zero-order valence-corrected chi connectivity index (χ0v) is 23.9. The zero-order chi connectivity index (χ0) is 28.4. The van der Waals surface area contributed by atoms with E-state index in [2.05, 4.69) is 26.1 Å². The molecule has 1 fully saturated rings. The lowest BCUT2D eigenvalue weighted by Gasteiger charge is -2.37. The van der Waals surface area contributed by atoms with Crippen LogP contribution in [-0.2, 0) is 9.59 Å². The van der Waals surface area contributed by atoms with E-state index in [0.717, 1.165) is 31.5 Å². The van der Waals surface area contributed by atoms with Gasteiger partial charge in [0.25, 0.3) is 5.91 Å². The second-order valence-electron chi connectivity index (χ2n) is 11.6. The molecule has 2 aromatic rings. The molecule has 0 saturated carbocycles. The van der Waals surface area contributed by atoms with E-state index in [4.69, 9.17) is 4.74 Å². The van der Waals surface area contributed by atoms with Gasteiger partial charge < -0.3 is 19.9 Å². The normalized spacial score (nSPS) is 20.6. The number of carbonyl (C=O) groups excluding carboxylic acids is 3. The summed E-state index contributed by atoms with van der Waals surface area (Å²) in [6.07, 6.45) is 2.54. The molecule has 3 heterocycles. The molecule has 0 aliphatic carbocycles. The number of hydrogen-bond acceptors (Lipinski definition) is 4. The predicted molar refractivity (Wildman–Crippen MR) is 154 cm³/mol. The second-order valence-corrected chi connectivity index (χ2v) is 11.6. The SMILES string of the molecule is CCN1C(=O)NC(c2cccc(Oc3ccccc3)c2)C2=C1CN(C(CC(C)C)C(=O)N1CCC(C)CC1)C2=O. The fourth-order valence-corrected chi connectivity index (χ4v) is 5.98. The Labute approximate surface area is 237 Å². The summed E-state index contributed by atoms with van der Waals surface area (Å²) in [5.41, 5.74) is 1.98. The van der Waals surface area contributed by atoms with Crippen LogP contribution in [-0.4, -0.2) is 64.8 Å². The van der Waals surface area contributed by atoms with Gasteiger partial charge in [-0.05, 0) is 67.9 Å². The molecule has 8 nitrogen and oxygen atoms in total. The molecule has 3 aliphatic heterocycles. The summed E-state index contributed by atoms with van der Waals surface area (Å²) < 4.78 is 6.04. The highest BCUT2D eigenvalue weighted by Gasteiger charge is 2.47. The minimum Gasteiger partial charge on any atom is -0.457 e. The lowest BCUT2D eigenvalue weighted by atomic mass is 9.94. The molecule has 5 rings (SSSR count). The van der Waals surface area contributed by atoms with Crippen LogP contribution in [0.15, 0.2) is 65.9 Å². The summed E-state index contributed by atoms with van der Waals surface area (Å²) in [4.78, 5) is 46.6. The molecule has 40 heavy (non-hydrogen) atoms. The minimum absolute atomic E-state index is 0.0194. The molecule has 1 saturated heterocycles. The van der Waals surface area contributed by atoms with Gasteiger partial charge in [0.2, 0.25) is 5.91 Å². The van der Waals surface area contributed by atoms with E-state index in [9.17, 15) is 14.4 Å². The Bertz CT molecular complexity index is 1280. The quantitative estimate of drug-likeness (QED) is 0.487. The summed E-state index contributed by atoms with van der Waals surface area (Å²) in [6, 6.07) is 15.5. The van der Waals surface area contributed by atoms with Crippen molar-refractivity contribution >= 4 is 17.8 Å². The van der Waals surface area contributed by atoms with Crippen molar-refractivity contribution in [2.24, 2.45) is 11.8 Å². The number of para-hydroxylation sites is 1. The molecule has 0 aromatic heterocycles. The van der Waals surface area contributed by atoms with E-state index in [-0.39, 0.29) is 30.3 Å². The molecule has 212 valence electrons. The van der Waals surface area contributed by atoms with E-state index in [0.29, 0.717) is 41.7 Å². The number of nitrogens with zero attached hydrogens (tertiary/aromatic N) is 3. The molecule has 2 atom stereocenters. The van der Waals surface area contributed by atoms with Crippen LogP contribution >= 0.6 is 0 Å². The third kappa shape index (κ3) is 5.58. The number of ether oxygens (including phenoxy) is 1. The molecule has 3 aliphatic rings. The van der Waals surface area contributed by atoms with Crippen molar-refractivity contribution < 1.29 is 19.1 Å². The number of rotatable bonds is 8. The first-order valence-electron chi connectivity index (χ1n) is 14.5. The molecule has 0 spiro atoms. The van der Waals surface area contributed by atoms with E-state index in [1.807, 2.05) is 66.4 Å². The summed E-state index contributed by atoms with van der Waals surface area (Å²) in [5, 5.41) is 3.06. The van der Waals surface area contributed by atoms with Gasteiger partial charge in [-0.2, -0.15) is 0 Å². The van der Waals surface area contributed by atoms with E-state index < -0.39 is 12.1 Å². The molecule has 2 unspecified atom stereocenters. The second kappa shape index (κ2) is 11.7. The Kier molecular flexibility index (Phi) is 8.14. The van der Waals surface area contributed by atoms with Gasteiger partial charge in [0.05, 0.1) is 23.9 Å². The van der Waals surface area contributed by atoms with Crippen LogP contribution in [0.1, 0.15) is 58.6 Å². The average Bonchev–Trinajstić information content (AvgIpc) is 3.28. The number of likely N-dealkylation sites (tertiary alicyclic amines) is 1. The van der Waals surface area contributed by atoms with Crippen molar-refractivity contribution in [2.75, 3.05) is 26.2 Å². The van der Waals surface area contributed by atoms with Gasteiger partial charge in [-0.3, -0.25) is 14.5 Å². The van der Waals surface area contributed by atoms with Crippen LogP contribution in [0.3, 0.4) is 0 Å². The van der Waals surface area contributed by atoms with Crippen LogP contribution in [0.25, 0.3) is 0 Å². The highest BCUT2D eigenvalue weighted by atomic mass is 16.5. The van der Waals surface area contributed by atoms with Crippen molar-refractivity contribution in [2.45, 2.75) is 59.0 Å². The van der Waals surface area contributed by atoms with Crippen LogP contribution in [0.4, 0.5) is 4.79 Å². The Hall–Kier alpha value is -3.81. The average molecular weight is 545 g/mol. The Balaban J connectivity index is 1.46. The summed E-state index contributed by atoms with van der Waals surface area (Å²) in [6.45, 7) is 10.4. The Morgan fingerprint density at radius 3 is 2.40 bits per heavy atom. The van der Waals surface area contributed by atoms with Crippen molar-refractivity contribution in [3.63, 3.8) is 0 Å². The molecule has 0 radical (unpaired) electrons. The first-order chi connectivity index (χ1) is 19.3. The van der Waals surface area contributed by atoms with Crippen LogP contribution in [0.5, 0.6) is 11.5 Å². The number of piperidine rings is 1. The lowest BCUT2D eigenvalue weighted by Crippen LogP contribution is -2.52. The largest absolute Gasteiger partial charge is 0.457 e. The topological polar surface area (TPSA) is 82.2 Å². The third-order valence-corrected chi connectivity index (χ3v) is 8.19.